The molecular weight excluding hydrogens is 465 g/mol. The third kappa shape index (κ3) is 4.41. The van der Waals surface area contributed by atoms with Gasteiger partial charge in [0.1, 0.15) is 5.75 Å². The molecule has 0 spiro atoms. The lowest BCUT2D eigenvalue weighted by atomic mass is 10.2. The number of nitrogens with zero attached hydrogens (tertiary/aromatic N) is 2. The molecule has 1 saturated heterocycles. The number of benzene rings is 2. The lowest BCUT2D eigenvalue weighted by Gasteiger charge is -2.34. The quantitative estimate of drug-likeness (QED) is 0.658. The van der Waals surface area contributed by atoms with E-state index in [0.29, 0.717) is 11.4 Å². The van der Waals surface area contributed by atoms with E-state index in [-0.39, 0.29) is 4.90 Å². The van der Waals surface area contributed by atoms with Crippen LogP contribution >= 0.6 is 22.6 Å². The van der Waals surface area contributed by atoms with E-state index in [0.717, 1.165) is 35.4 Å². The average molecular weight is 487 g/mol. The van der Waals surface area contributed by atoms with Gasteiger partial charge in [-0.15, -0.1) is 0 Å². The zero-order valence-corrected chi connectivity index (χ0v) is 17.7. The van der Waals surface area contributed by atoms with Gasteiger partial charge in [-0.1, -0.05) is 6.07 Å². The summed E-state index contributed by atoms with van der Waals surface area (Å²) in [5.74, 6) is 0.683. The van der Waals surface area contributed by atoms with Crippen molar-refractivity contribution in [2.24, 2.45) is 0 Å². The SMILES string of the molecule is COc1ccc(S(=O)(=O)Nc2cccc(I)c2)cc1N1CCN(C)CC1. The molecule has 2 aromatic rings. The minimum absolute atomic E-state index is 0.228. The minimum atomic E-state index is -3.67. The molecule has 0 aromatic heterocycles. The zero-order chi connectivity index (χ0) is 18.7. The number of halogens is 1. The molecule has 6 nitrogen and oxygen atoms in total. The number of ether oxygens (including phenoxy) is 1. The Kier molecular flexibility index (Phi) is 5.93. The van der Waals surface area contributed by atoms with E-state index in [1.807, 2.05) is 12.1 Å². The molecule has 26 heavy (non-hydrogen) atoms. The van der Waals surface area contributed by atoms with E-state index in [9.17, 15) is 8.42 Å². The van der Waals surface area contributed by atoms with E-state index in [1.54, 1.807) is 37.4 Å². The van der Waals surface area contributed by atoms with Crippen LogP contribution in [0.2, 0.25) is 0 Å². The van der Waals surface area contributed by atoms with Crippen molar-refractivity contribution >= 4 is 44.0 Å². The third-order valence-electron chi connectivity index (χ3n) is 4.38. The first-order valence-corrected chi connectivity index (χ1v) is 10.8. The van der Waals surface area contributed by atoms with Crippen molar-refractivity contribution in [1.29, 1.82) is 0 Å². The van der Waals surface area contributed by atoms with Gasteiger partial charge in [0.2, 0.25) is 0 Å². The van der Waals surface area contributed by atoms with Crippen molar-refractivity contribution in [3.63, 3.8) is 0 Å². The number of anilines is 2. The van der Waals surface area contributed by atoms with Crippen molar-refractivity contribution in [3.05, 3.63) is 46.0 Å². The van der Waals surface area contributed by atoms with Crippen LogP contribution in [0.15, 0.2) is 47.4 Å². The smallest absolute Gasteiger partial charge is 0.261 e. The highest BCUT2D eigenvalue weighted by Gasteiger charge is 2.22. The Bertz CT molecular complexity index is 881. The highest BCUT2D eigenvalue weighted by Crippen LogP contribution is 2.32. The van der Waals surface area contributed by atoms with Crippen LogP contribution in [-0.2, 0) is 10.0 Å². The summed E-state index contributed by atoms with van der Waals surface area (Å²) in [5.41, 5.74) is 1.36. The summed E-state index contributed by atoms with van der Waals surface area (Å²) in [6.45, 7) is 3.53. The topological polar surface area (TPSA) is 61.9 Å². The molecule has 1 aliphatic heterocycles. The van der Waals surface area contributed by atoms with Gasteiger partial charge in [0.05, 0.1) is 17.7 Å². The van der Waals surface area contributed by atoms with E-state index < -0.39 is 10.0 Å². The predicted molar refractivity (Wildman–Crippen MR) is 113 cm³/mol. The van der Waals surface area contributed by atoms with Crippen LogP contribution in [0.25, 0.3) is 0 Å². The lowest BCUT2D eigenvalue weighted by molar-refractivity contribution is 0.311. The first kappa shape index (κ1) is 19.2. The minimum Gasteiger partial charge on any atom is -0.495 e. The molecule has 1 fully saturated rings. The number of likely N-dealkylation sites (N-methyl/N-ethyl adjacent to an activating group) is 1. The van der Waals surface area contributed by atoms with Gasteiger partial charge < -0.3 is 14.5 Å². The second kappa shape index (κ2) is 8.01. The predicted octanol–water partition coefficient (Wildman–Crippen LogP) is 2.85. The number of sulfonamides is 1. The molecule has 1 heterocycles. The van der Waals surface area contributed by atoms with Gasteiger partial charge in [0, 0.05) is 35.4 Å². The maximum absolute atomic E-state index is 12.8. The fourth-order valence-corrected chi connectivity index (χ4v) is 4.51. The van der Waals surface area contributed by atoms with Crippen molar-refractivity contribution in [3.8, 4) is 5.75 Å². The van der Waals surface area contributed by atoms with Gasteiger partial charge >= 0.3 is 0 Å². The summed E-state index contributed by atoms with van der Waals surface area (Å²) in [7, 11) is 0.0154. The normalized spacial score (nSPS) is 15.7. The standard InChI is InChI=1S/C18H22IN3O3S/c1-21-8-10-22(11-9-21)17-13-16(6-7-18(17)25-2)26(23,24)20-15-5-3-4-14(19)12-15/h3-7,12-13,20H,8-11H2,1-2H3. The van der Waals surface area contributed by atoms with Crippen molar-refractivity contribution in [2.75, 3.05) is 50.0 Å². The van der Waals surface area contributed by atoms with Gasteiger partial charge in [-0.25, -0.2) is 8.42 Å². The molecule has 3 rings (SSSR count). The molecule has 0 amide bonds. The van der Waals surface area contributed by atoms with E-state index >= 15 is 0 Å². The van der Waals surface area contributed by atoms with Gasteiger partial charge in [-0.05, 0) is 66.0 Å². The maximum Gasteiger partial charge on any atom is 0.261 e. The molecule has 0 unspecified atom stereocenters. The van der Waals surface area contributed by atoms with Crippen molar-refractivity contribution in [1.82, 2.24) is 4.90 Å². The highest BCUT2D eigenvalue weighted by atomic mass is 127. The first-order valence-electron chi connectivity index (χ1n) is 8.29. The van der Waals surface area contributed by atoms with Crippen LogP contribution in [0.1, 0.15) is 0 Å². The fourth-order valence-electron chi connectivity index (χ4n) is 2.90. The van der Waals surface area contributed by atoms with Crippen LogP contribution < -0.4 is 14.4 Å². The summed E-state index contributed by atoms with van der Waals surface area (Å²) in [6, 6.07) is 12.3. The second-order valence-corrected chi connectivity index (χ2v) is 9.17. The monoisotopic (exact) mass is 487 g/mol. The number of hydrogen-bond acceptors (Lipinski definition) is 5. The molecule has 0 saturated carbocycles. The molecule has 1 aliphatic rings. The molecule has 0 bridgehead atoms. The highest BCUT2D eigenvalue weighted by molar-refractivity contribution is 14.1. The molecule has 0 atom stereocenters. The van der Waals surface area contributed by atoms with Crippen LogP contribution in [0, 0.1) is 3.57 Å². The van der Waals surface area contributed by atoms with E-state index in [2.05, 4.69) is 44.2 Å². The van der Waals surface area contributed by atoms with Crippen LogP contribution in [-0.4, -0.2) is 53.7 Å². The van der Waals surface area contributed by atoms with Gasteiger partial charge in [0.15, 0.2) is 0 Å². The number of rotatable bonds is 5. The Morgan fingerprint density at radius 3 is 2.46 bits per heavy atom. The number of piperazine rings is 1. The molecule has 1 N–H and O–H groups in total. The average Bonchev–Trinajstić information content (AvgIpc) is 2.61. The molecule has 0 radical (unpaired) electrons. The fraction of sp³-hybridized carbons (Fsp3) is 0.333. The van der Waals surface area contributed by atoms with Gasteiger partial charge in [-0.3, -0.25) is 4.72 Å². The Hall–Kier alpha value is -1.52. The number of hydrogen-bond donors (Lipinski definition) is 1. The molecule has 140 valence electrons. The largest absolute Gasteiger partial charge is 0.495 e. The maximum atomic E-state index is 12.8. The van der Waals surface area contributed by atoms with Gasteiger partial charge in [0.25, 0.3) is 10.0 Å². The molecule has 2 aromatic carbocycles. The Morgan fingerprint density at radius 1 is 1.08 bits per heavy atom. The number of nitrogens with one attached hydrogen (secondary N) is 1. The number of methoxy groups -OCH3 is 1. The zero-order valence-electron chi connectivity index (χ0n) is 14.8. The lowest BCUT2D eigenvalue weighted by Crippen LogP contribution is -2.44. The molecular formula is C18H22IN3O3S. The Balaban J connectivity index is 1.91. The van der Waals surface area contributed by atoms with Crippen LogP contribution in [0.4, 0.5) is 11.4 Å². The van der Waals surface area contributed by atoms with Crippen LogP contribution in [0.3, 0.4) is 0 Å². The van der Waals surface area contributed by atoms with Gasteiger partial charge in [-0.2, -0.15) is 0 Å². The molecule has 0 aliphatic carbocycles. The van der Waals surface area contributed by atoms with E-state index in [4.69, 9.17) is 4.74 Å². The Morgan fingerprint density at radius 2 is 1.81 bits per heavy atom. The first-order chi connectivity index (χ1) is 12.4. The summed E-state index contributed by atoms with van der Waals surface area (Å²) in [6.07, 6.45) is 0. The summed E-state index contributed by atoms with van der Waals surface area (Å²) < 4.78 is 34.7. The van der Waals surface area contributed by atoms with Crippen molar-refractivity contribution < 1.29 is 13.2 Å². The van der Waals surface area contributed by atoms with E-state index in [1.165, 1.54) is 0 Å². The summed E-state index contributed by atoms with van der Waals surface area (Å²) in [5, 5.41) is 0. The Labute approximate surface area is 168 Å². The summed E-state index contributed by atoms with van der Waals surface area (Å²) in [4.78, 5) is 4.65. The van der Waals surface area contributed by atoms with Crippen LogP contribution in [0.5, 0.6) is 5.75 Å². The summed E-state index contributed by atoms with van der Waals surface area (Å²) >= 11 is 2.16. The molecule has 8 heteroatoms. The second-order valence-electron chi connectivity index (χ2n) is 6.24. The third-order valence-corrected chi connectivity index (χ3v) is 6.43. The van der Waals surface area contributed by atoms with Crippen molar-refractivity contribution in [2.45, 2.75) is 4.90 Å².